The number of nitro benzene ring substituents is 1. The summed E-state index contributed by atoms with van der Waals surface area (Å²) in [5.74, 6) is -0.671. The summed E-state index contributed by atoms with van der Waals surface area (Å²) in [7, 11) is 0. The lowest BCUT2D eigenvalue weighted by atomic mass is 10.1. The molecule has 0 atom stereocenters. The standard InChI is InChI=1S/C14H13N3O4/c15-11-5-2-6-12(17(20)21)13(11)14(19)16-10-4-1-3-9(7-10)8-18/h1-7,18H,8,15H2,(H,16,19). The van der Waals surface area contributed by atoms with Crippen LogP contribution in [0.4, 0.5) is 17.1 Å². The molecule has 0 fully saturated rings. The lowest BCUT2D eigenvalue weighted by Gasteiger charge is -2.09. The van der Waals surface area contributed by atoms with Gasteiger partial charge < -0.3 is 16.2 Å². The fraction of sp³-hybridized carbons (Fsp3) is 0.0714. The largest absolute Gasteiger partial charge is 0.398 e. The average molecular weight is 287 g/mol. The van der Waals surface area contributed by atoms with Gasteiger partial charge in [-0.2, -0.15) is 0 Å². The van der Waals surface area contributed by atoms with Crippen LogP contribution in [0.15, 0.2) is 42.5 Å². The second kappa shape index (κ2) is 6.02. The van der Waals surface area contributed by atoms with Crippen LogP contribution in [-0.2, 0) is 6.61 Å². The molecule has 0 spiro atoms. The Balaban J connectivity index is 2.34. The van der Waals surface area contributed by atoms with E-state index in [-0.39, 0.29) is 23.5 Å². The van der Waals surface area contributed by atoms with Crippen molar-refractivity contribution >= 4 is 23.0 Å². The van der Waals surface area contributed by atoms with Crippen molar-refractivity contribution in [3.63, 3.8) is 0 Å². The number of nitrogen functional groups attached to an aromatic ring is 1. The highest BCUT2D eigenvalue weighted by Gasteiger charge is 2.22. The first-order valence-electron chi connectivity index (χ1n) is 6.07. The van der Waals surface area contributed by atoms with Crippen LogP contribution >= 0.6 is 0 Å². The predicted octanol–water partition coefficient (Wildman–Crippen LogP) is 1.92. The lowest BCUT2D eigenvalue weighted by Crippen LogP contribution is -2.16. The highest BCUT2D eigenvalue weighted by atomic mass is 16.6. The molecule has 108 valence electrons. The molecule has 7 nitrogen and oxygen atoms in total. The Labute approximate surface area is 120 Å². The summed E-state index contributed by atoms with van der Waals surface area (Å²) in [4.78, 5) is 22.5. The van der Waals surface area contributed by atoms with Crippen LogP contribution in [0.3, 0.4) is 0 Å². The van der Waals surface area contributed by atoms with E-state index in [0.29, 0.717) is 11.3 Å². The second-order valence-corrected chi connectivity index (χ2v) is 4.31. The zero-order chi connectivity index (χ0) is 15.4. The SMILES string of the molecule is Nc1cccc([N+](=O)[O-])c1C(=O)Nc1cccc(CO)c1. The minimum Gasteiger partial charge on any atom is -0.398 e. The number of carbonyl (C=O) groups is 1. The summed E-state index contributed by atoms with van der Waals surface area (Å²) in [6, 6.07) is 10.6. The third-order valence-electron chi connectivity index (χ3n) is 2.87. The number of hydrogen-bond acceptors (Lipinski definition) is 5. The van der Waals surface area contributed by atoms with Crippen LogP contribution in [0.1, 0.15) is 15.9 Å². The molecule has 7 heteroatoms. The van der Waals surface area contributed by atoms with Crippen LogP contribution in [0.2, 0.25) is 0 Å². The summed E-state index contributed by atoms with van der Waals surface area (Å²) >= 11 is 0. The molecule has 1 amide bonds. The quantitative estimate of drug-likeness (QED) is 0.451. The first-order valence-corrected chi connectivity index (χ1v) is 6.07. The van der Waals surface area contributed by atoms with Crippen LogP contribution in [0, 0.1) is 10.1 Å². The summed E-state index contributed by atoms with van der Waals surface area (Å²) in [5, 5.41) is 22.6. The van der Waals surface area contributed by atoms with Gasteiger partial charge in [0.25, 0.3) is 11.6 Å². The number of hydrogen-bond donors (Lipinski definition) is 3. The minimum absolute atomic E-state index is 0.0278. The van der Waals surface area contributed by atoms with E-state index in [0.717, 1.165) is 0 Å². The molecule has 2 aromatic carbocycles. The highest BCUT2D eigenvalue weighted by molar-refractivity contribution is 6.10. The Morgan fingerprint density at radius 3 is 2.67 bits per heavy atom. The Bertz CT molecular complexity index is 700. The van der Waals surface area contributed by atoms with Crippen LogP contribution in [-0.4, -0.2) is 15.9 Å². The molecule has 2 aromatic rings. The third-order valence-corrected chi connectivity index (χ3v) is 2.87. The summed E-state index contributed by atoms with van der Waals surface area (Å²) < 4.78 is 0. The predicted molar refractivity (Wildman–Crippen MR) is 77.8 cm³/mol. The average Bonchev–Trinajstić information content (AvgIpc) is 2.46. The molecule has 21 heavy (non-hydrogen) atoms. The first kappa shape index (κ1) is 14.5. The van der Waals surface area contributed by atoms with Gasteiger partial charge in [0.15, 0.2) is 0 Å². The number of amides is 1. The van der Waals surface area contributed by atoms with Crippen molar-refractivity contribution in [2.45, 2.75) is 6.61 Å². The normalized spacial score (nSPS) is 10.1. The fourth-order valence-electron chi connectivity index (χ4n) is 1.90. The molecular weight excluding hydrogens is 274 g/mol. The van der Waals surface area contributed by atoms with E-state index in [1.165, 1.54) is 18.2 Å². The minimum atomic E-state index is -0.671. The first-order chi connectivity index (χ1) is 10.0. The van der Waals surface area contributed by atoms with E-state index in [4.69, 9.17) is 10.8 Å². The maximum Gasteiger partial charge on any atom is 0.284 e. The van der Waals surface area contributed by atoms with Crippen molar-refractivity contribution in [2.75, 3.05) is 11.1 Å². The van der Waals surface area contributed by atoms with Gasteiger partial charge in [-0.15, -0.1) is 0 Å². The summed E-state index contributed by atoms with van der Waals surface area (Å²) in [5.41, 5.74) is 6.19. The van der Waals surface area contributed by atoms with Gasteiger partial charge in [-0.1, -0.05) is 18.2 Å². The molecular formula is C14H13N3O4. The molecule has 0 unspecified atom stereocenters. The zero-order valence-electron chi connectivity index (χ0n) is 10.9. The number of benzene rings is 2. The van der Waals surface area contributed by atoms with Crippen LogP contribution < -0.4 is 11.1 Å². The van der Waals surface area contributed by atoms with Crippen molar-refractivity contribution in [2.24, 2.45) is 0 Å². The van der Waals surface area contributed by atoms with E-state index in [2.05, 4.69) is 5.32 Å². The third kappa shape index (κ3) is 3.15. The molecule has 0 aliphatic carbocycles. The number of nitrogens with two attached hydrogens (primary N) is 1. The molecule has 0 saturated heterocycles. The number of nitrogens with zero attached hydrogens (tertiary/aromatic N) is 1. The van der Waals surface area contributed by atoms with Crippen LogP contribution in [0.5, 0.6) is 0 Å². The van der Waals surface area contributed by atoms with Gasteiger partial charge in [0.05, 0.1) is 17.2 Å². The Morgan fingerprint density at radius 2 is 2.00 bits per heavy atom. The number of nitrogens with one attached hydrogen (secondary N) is 1. The number of aliphatic hydroxyl groups is 1. The zero-order valence-corrected chi connectivity index (χ0v) is 10.9. The molecule has 0 aliphatic rings. The van der Waals surface area contributed by atoms with E-state index >= 15 is 0 Å². The Hall–Kier alpha value is -2.93. The van der Waals surface area contributed by atoms with Crippen LogP contribution in [0.25, 0.3) is 0 Å². The monoisotopic (exact) mass is 287 g/mol. The van der Waals surface area contributed by atoms with Gasteiger partial charge in [0.1, 0.15) is 5.56 Å². The van der Waals surface area contributed by atoms with E-state index in [9.17, 15) is 14.9 Å². The Kier molecular flexibility index (Phi) is 4.15. The number of carbonyl (C=O) groups excluding carboxylic acids is 1. The van der Waals surface area contributed by atoms with E-state index < -0.39 is 10.8 Å². The highest BCUT2D eigenvalue weighted by Crippen LogP contribution is 2.25. The second-order valence-electron chi connectivity index (χ2n) is 4.31. The van der Waals surface area contributed by atoms with E-state index in [1.807, 2.05) is 0 Å². The molecule has 0 aliphatic heterocycles. The van der Waals surface area contributed by atoms with Gasteiger partial charge >= 0.3 is 0 Å². The fourth-order valence-corrected chi connectivity index (χ4v) is 1.90. The topological polar surface area (TPSA) is 118 Å². The summed E-state index contributed by atoms with van der Waals surface area (Å²) in [6.07, 6.45) is 0. The number of anilines is 2. The number of aliphatic hydroxyl groups excluding tert-OH is 1. The number of rotatable bonds is 4. The van der Waals surface area contributed by atoms with Gasteiger partial charge in [-0.3, -0.25) is 14.9 Å². The van der Waals surface area contributed by atoms with Crippen molar-refractivity contribution < 1.29 is 14.8 Å². The summed E-state index contributed by atoms with van der Waals surface area (Å²) in [6.45, 7) is -0.169. The van der Waals surface area contributed by atoms with Gasteiger partial charge in [-0.05, 0) is 23.8 Å². The molecule has 0 saturated carbocycles. The van der Waals surface area contributed by atoms with Gasteiger partial charge in [0, 0.05) is 11.8 Å². The molecule has 0 bridgehead atoms. The molecule has 0 heterocycles. The molecule has 0 aromatic heterocycles. The molecule has 0 radical (unpaired) electrons. The lowest BCUT2D eigenvalue weighted by molar-refractivity contribution is -0.385. The molecule has 2 rings (SSSR count). The Morgan fingerprint density at radius 1 is 1.29 bits per heavy atom. The van der Waals surface area contributed by atoms with Gasteiger partial charge in [-0.25, -0.2) is 0 Å². The van der Waals surface area contributed by atoms with Crippen molar-refractivity contribution in [3.05, 3.63) is 63.7 Å². The number of nitro groups is 1. The van der Waals surface area contributed by atoms with Crippen molar-refractivity contribution in [1.29, 1.82) is 0 Å². The van der Waals surface area contributed by atoms with Gasteiger partial charge in [0.2, 0.25) is 0 Å². The smallest absolute Gasteiger partial charge is 0.284 e. The maximum absolute atomic E-state index is 12.2. The van der Waals surface area contributed by atoms with E-state index in [1.54, 1.807) is 24.3 Å². The maximum atomic E-state index is 12.2. The molecule has 4 N–H and O–H groups in total. The van der Waals surface area contributed by atoms with Crippen molar-refractivity contribution in [3.8, 4) is 0 Å². The van der Waals surface area contributed by atoms with Crippen molar-refractivity contribution in [1.82, 2.24) is 0 Å².